The van der Waals surface area contributed by atoms with Crippen LogP contribution in [0, 0.1) is 12.3 Å². The summed E-state index contributed by atoms with van der Waals surface area (Å²) in [5, 5.41) is 9.75. The maximum absolute atomic E-state index is 13.4. The fourth-order valence-electron chi connectivity index (χ4n) is 4.34. The highest BCUT2D eigenvalue weighted by molar-refractivity contribution is 7.13. The lowest BCUT2D eigenvalue weighted by Crippen LogP contribution is -2.37. The molecule has 166 valence electrons. The first-order valence-electron chi connectivity index (χ1n) is 10.7. The number of nitrogens with zero attached hydrogens (tertiary/aromatic N) is 3. The number of anilines is 1. The number of aromatic nitrogens is 3. The first kappa shape index (κ1) is 21.6. The number of hydrogen-bond donors (Lipinski definition) is 1. The van der Waals surface area contributed by atoms with Crippen molar-refractivity contribution < 1.29 is 4.79 Å². The monoisotopic (exact) mass is 472 g/mol. The molecule has 33 heavy (non-hydrogen) atoms. The molecule has 7 heteroatoms. The van der Waals surface area contributed by atoms with E-state index in [4.69, 9.17) is 4.98 Å². The minimum atomic E-state index is -0.728. The van der Waals surface area contributed by atoms with Crippen molar-refractivity contribution in [2.24, 2.45) is 5.41 Å². The molecule has 0 saturated heterocycles. The Morgan fingerprint density at radius 1 is 1.06 bits per heavy atom. The van der Waals surface area contributed by atoms with Crippen LogP contribution < -0.4 is 5.32 Å². The van der Waals surface area contributed by atoms with Crippen LogP contribution >= 0.6 is 22.7 Å². The Balaban J connectivity index is 1.58. The van der Waals surface area contributed by atoms with Crippen molar-refractivity contribution in [1.82, 2.24) is 14.4 Å². The molecule has 0 radical (unpaired) electrons. The molecule has 0 spiro atoms. The molecule has 1 unspecified atom stereocenters. The van der Waals surface area contributed by atoms with Gasteiger partial charge in [-0.2, -0.15) is 11.3 Å². The van der Waals surface area contributed by atoms with E-state index >= 15 is 0 Å². The van der Waals surface area contributed by atoms with E-state index in [1.807, 2.05) is 43.8 Å². The molecule has 0 saturated carbocycles. The second kappa shape index (κ2) is 8.57. The fourth-order valence-corrected chi connectivity index (χ4v) is 5.70. The molecule has 1 N–H and O–H groups in total. The number of hydrogen-bond acceptors (Lipinski definition) is 5. The highest BCUT2D eigenvalue weighted by Crippen LogP contribution is 2.42. The first-order valence-corrected chi connectivity index (χ1v) is 12.5. The van der Waals surface area contributed by atoms with E-state index in [0.29, 0.717) is 5.13 Å². The molecule has 4 heterocycles. The zero-order valence-electron chi connectivity index (χ0n) is 18.6. The van der Waals surface area contributed by atoms with Crippen molar-refractivity contribution in [1.29, 1.82) is 0 Å². The summed E-state index contributed by atoms with van der Waals surface area (Å²) in [7, 11) is 0. The smallest absolute Gasteiger partial charge is 0.232 e. The largest absolute Gasteiger partial charge is 0.305 e. The fraction of sp³-hybridized carbons (Fsp3) is 0.192. The first-order chi connectivity index (χ1) is 15.9. The summed E-state index contributed by atoms with van der Waals surface area (Å²) in [6, 6.07) is 14.4. The number of pyridine rings is 1. The van der Waals surface area contributed by atoms with E-state index < -0.39 is 5.41 Å². The molecule has 0 aliphatic rings. The van der Waals surface area contributed by atoms with Crippen LogP contribution in [0.2, 0.25) is 0 Å². The SMILES string of the molecule is Cc1cscc1-c1ncn2cc(C(c3ccccc3)C(C)(C)C(=O)Nc3nccs3)ccc12. The van der Waals surface area contributed by atoms with Gasteiger partial charge in [-0.05, 0) is 35.1 Å². The normalized spacial score (nSPS) is 12.7. The Morgan fingerprint density at radius 2 is 1.88 bits per heavy atom. The molecule has 5 nitrogen and oxygen atoms in total. The zero-order chi connectivity index (χ0) is 23.0. The lowest BCUT2D eigenvalue weighted by molar-refractivity contribution is -0.124. The molecule has 0 fully saturated rings. The quantitative estimate of drug-likeness (QED) is 0.302. The highest BCUT2D eigenvalue weighted by Gasteiger charge is 2.39. The van der Waals surface area contributed by atoms with Gasteiger partial charge in [-0.1, -0.05) is 50.2 Å². The Bertz CT molecular complexity index is 1400. The predicted molar refractivity (Wildman–Crippen MR) is 136 cm³/mol. The van der Waals surface area contributed by atoms with E-state index in [-0.39, 0.29) is 11.8 Å². The van der Waals surface area contributed by atoms with Crippen molar-refractivity contribution in [3.05, 3.63) is 94.0 Å². The van der Waals surface area contributed by atoms with E-state index in [1.54, 1.807) is 17.5 Å². The number of nitrogens with one attached hydrogen (secondary N) is 1. The van der Waals surface area contributed by atoms with E-state index in [1.165, 1.54) is 16.9 Å². The average Bonchev–Trinajstić information content (AvgIpc) is 3.55. The van der Waals surface area contributed by atoms with E-state index in [9.17, 15) is 4.79 Å². The van der Waals surface area contributed by atoms with E-state index in [2.05, 4.69) is 62.8 Å². The number of benzene rings is 1. The van der Waals surface area contributed by atoms with Crippen molar-refractivity contribution in [3.8, 4) is 11.3 Å². The van der Waals surface area contributed by atoms with Crippen molar-refractivity contribution in [3.63, 3.8) is 0 Å². The molecule has 1 atom stereocenters. The number of carbonyl (C=O) groups is 1. The topological polar surface area (TPSA) is 59.3 Å². The minimum Gasteiger partial charge on any atom is -0.305 e. The van der Waals surface area contributed by atoms with Crippen LogP contribution in [0.1, 0.15) is 36.5 Å². The number of carbonyl (C=O) groups excluding carboxylic acids is 1. The summed E-state index contributed by atoms with van der Waals surface area (Å²) in [4.78, 5) is 22.3. The van der Waals surface area contributed by atoms with Gasteiger partial charge in [-0.25, -0.2) is 9.97 Å². The van der Waals surface area contributed by atoms with Crippen molar-refractivity contribution in [2.75, 3.05) is 5.32 Å². The highest BCUT2D eigenvalue weighted by atomic mass is 32.1. The second-order valence-electron chi connectivity index (χ2n) is 8.67. The maximum atomic E-state index is 13.4. The molecule has 0 bridgehead atoms. The van der Waals surface area contributed by atoms with Gasteiger partial charge in [0.1, 0.15) is 0 Å². The standard InChI is InChI=1S/C26H24N4OS2/c1-17-14-32-15-20(17)23-21-10-9-19(13-30(21)16-28-23)22(18-7-5-4-6-8-18)26(2,3)24(31)29-25-27-11-12-33-25/h4-16,22H,1-3H3,(H,27,29,31). The molecular formula is C26H24N4OS2. The summed E-state index contributed by atoms with van der Waals surface area (Å²) in [6.45, 7) is 6.10. The summed E-state index contributed by atoms with van der Waals surface area (Å²) in [5.41, 5.74) is 5.84. The lowest BCUT2D eigenvalue weighted by Gasteiger charge is -2.33. The van der Waals surface area contributed by atoms with Gasteiger partial charge in [0.2, 0.25) is 5.91 Å². The van der Waals surface area contributed by atoms with Crippen LogP contribution in [0.4, 0.5) is 5.13 Å². The second-order valence-corrected chi connectivity index (χ2v) is 10.3. The maximum Gasteiger partial charge on any atom is 0.232 e. The Kier molecular flexibility index (Phi) is 5.60. The third-order valence-corrected chi connectivity index (χ3v) is 7.64. The van der Waals surface area contributed by atoms with Crippen molar-refractivity contribution in [2.45, 2.75) is 26.7 Å². The molecule has 4 aromatic heterocycles. The predicted octanol–water partition coefficient (Wildman–Crippen LogP) is 6.62. The number of thiazole rings is 1. The van der Waals surface area contributed by atoms with Gasteiger partial charge >= 0.3 is 0 Å². The van der Waals surface area contributed by atoms with E-state index in [0.717, 1.165) is 27.9 Å². The number of thiophene rings is 1. The molecule has 0 aliphatic heterocycles. The minimum absolute atomic E-state index is 0.0633. The molecule has 1 aromatic carbocycles. The van der Waals surface area contributed by atoms with Gasteiger partial charge in [-0.15, -0.1) is 11.3 Å². The Labute approximate surface area is 200 Å². The molecule has 1 amide bonds. The summed E-state index contributed by atoms with van der Waals surface area (Å²) in [6.07, 6.45) is 5.65. The third kappa shape index (κ3) is 3.98. The van der Waals surface area contributed by atoms with Gasteiger partial charge in [0, 0.05) is 34.6 Å². The van der Waals surface area contributed by atoms with Crippen LogP contribution in [0.3, 0.4) is 0 Å². The van der Waals surface area contributed by atoms with Gasteiger partial charge in [0.05, 0.1) is 23.0 Å². The van der Waals surface area contributed by atoms with Crippen molar-refractivity contribution >= 4 is 39.2 Å². The Morgan fingerprint density at radius 3 is 2.58 bits per heavy atom. The number of amides is 1. The summed E-state index contributed by atoms with van der Waals surface area (Å²) in [5.74, 6) is -0.219. The number of fused-ring (bicyclic) bond motifs is 1. The molecule has 0 aliphatic carbocycles. The Hall–Kier alpha value is -3.29. The number of rotatable bonds is 6. The lowest BCUT2D eigenvalue weighted by atomic mass is 9.71. The van der Waals surface area contributed by atoms with Gasteiger partial charge < -0.3 is 9.72 Å². The molecule has 5 rings (SSSR count). The van der Waals surface area contributed by atoms with Gasteiger partial charge in [-0.3, -0.25) is 4.79 Å². The molecule has 5 aromatic rings. The van der Waals surface area contributed by atoms with Crippen LogP contribution in [-0.4, -0.2) is 20.3 Å². The van der Waals surface area contributed by atoms with Gasteiger partial charge in [0.15, 0.2) is 5.13 Å². The zero-order valence-corrected chi connectivity index (χ0v) is 20.3. The van der Waals surface area contributed by atoms with Gasteiger partial charge in [0.25, 0.3) is 0 Å². The molecular weight excluding hydrogens is 448 g/mol. The third-order valence-electron chi connectivity index (χ3n) is 6.09. The van der Waals surface area contributed by atoms with Crippen LogP contribution in [0.25, 0.3) is 16.8 Å². The summed E-state index contributed by atoms with van der Waals surface area (Å²) >= 11 is 3.11. The summed E-state index contributed by atoms with van der Waals surface area (Å²) < 4.78 is 2.06. The van der Waals surface area contributed by atoms with Crippen LogP contribution in [-0.2, 0) is 4.79 Å². The number of aryl methyl sites for hydroxylation is 1. The number of imidazole rings is 1. The van der Waals surface area contributed by atoms with Crippen LogP contribution in [0.5, 0.6) is 0 Å². The van der Waals surface area contributed by atoms with Crippen LogP contribution in [0.15, 0.2) is 77.3 Å². The average molecular weight is 473 g/mol.